The van der Waals surface area contributed by atoms with Crippen LogP contribution in [-0.4, -0.2) is 51.7 Å². The number of nitro benzene ring substituents is 1. The molecular formula is C20H27N5O3. The number of likely N-dealkylation sites (tertiary alicyclic amines) is 1. The summed E-state index contributed by atoms with van der Waals surface area (Å²) in [5.74, 6) is 1.23. The van der Waals surface area contributed by atoms with Crippen LogP contribution in [0.15, 0.2) is 36.5 Å². The Morgan fingerprint density at radius 1 is 1.29 bits per heavy atom. The molecule has 1 fully saturated rings. The standard InChI is InChI=1S/C20H27N5O3/c1-15-11-16(2)14-23(13-15)9-4-8-21-20(26)19-7-10-24(22-19)17-5-3-6-18(12-17)25(27)28/h3,5-7,10,12,15-16H,4,8-9,11,13-14H2,1-2H3,(H,21,26). The van der Waals surface area contributed by atoms with Gasteiger partial charge in [0.05, 0.1) is 10.6 Å². The third-order valence-corrected chi connectivity index (χ3v) is 5.01. The summed E-state index contributed by atoms with van der Waals surface area (Å²) in [6.45, 7) is 8.43. The summed E-state index contributed by atoms with van der Waals surface area (Å²) in [6, 6.07) is 7.77. The molecule has 1 amide bonds. The minimum Gasteiger partial charge on any atom is -0.351 e. The molecule has 2 heterocycles. The fourth-order valence-corrected chi connectivity index (χ4v) is 3.91. The van der Waals surface area contributed by atoms with Crippen LogP contribution in [0, 0.1) is 22.0 Å². The van der Waals surface area contributed by atoms with E-state index in [4.69, 9.17) is 0 Å². The highest BCUT2D eigenvalue weighted by Crippen LogP contribution is 2.20. The van der Waals surface area contributed by atoms with E-state index in [1.165, 1.54) is 23.2 Å². The summed E-state index contributed by atoms with van der Waals surface area (Å²) in [7, 11) is 0. The Morgan fingerprint density at radius 2 is 2.04 bits per heavy atom. The summed E-state index contributed by atoms with van der Waals surface area (Å²) in [4.78, 5) is 25.2. The number of carbonyl (C=O) groups excluding carboxylic acids is 1. The normalized spacial score (nSPS) is 20.1. The number of aromatic nitrogens is 2. The maximum Gasteiger partial charge on any atom is 0.271 e. The Morgan fingerprint density at radius 3 is 2.75 bits per heavy atom. The number of nitrogens with zero attached hydrogens (tertiary/aromatic N) is 4. The number of carbonyl (C=O) groups is 1. The number of hydrogen-bond donors (Lipinski definition) is 1. The molecule has 2 atom stereocenters. The fourth-order valence-electron chi connectivity index (χ4n) is 3.91. The molecule has 1 aliphatic rings. The summed E-state index contributed by atoms with van der Waals surface area (Å²) in [5, 5.41) is 18.0. The Labute approximate surface area is 164 Å². The van der Waals surface area contributed by atoms with E-state index in [1.807, 2.05) is 0 Å². The Balaban J connectivity index is 1.49. The van der Waals surface area contributed by atoms with Gasteiger partial charge in [0, 0.05) is 38.0 Å². The third kappa shape index (κ3) is 5.16. The molecule has 8 nitrogen and oxygen atoms in total. The predicted molar refractivity (Wildman–Crippen MR) is 107 cm³/mol. The van der Waals surface area contributed by atoms with Gasteiger partial charge in [-0.1, -0.05) is 19.9 Å². The van der Waals surface area contributed by atoms with E-state index < -0.39 is 4.92 Å². The minimum atomic E-state index is -0.454. The second kappa shape index (κ2) is 8.97. The lowest BCUT2D eigenvalue weighted by Crippen LogP contribution is -2.40. The van der Waals surface area contributed by atoms with Crippen LogP contribution in [0.5, 0.6) is 0 Å². The SMILES string of the molecule is CC1CC(C)CN(CCCNC(=O)c2ccn(-c3cccc([N+](=O)[O-])c3)n2)C1. The average Bonchev–Trinajstić information content (AvgIpc) is 3.15. The molecule has 2 aromatic rings. The van der Waals surface area contributed by atoms with Crippen molar-refractivity contribution in [2.45, 2.75) is 26.7 Å². The van der Waals surface area contributed by atoms with Crippen LogP contribution in [0.1, 0.15) is 37.2 Å². The first kappa shape index (κ1) is 20.0. The van der Waals surface area contributed by atoms with Gasteiger partial charge in [0.2, 0.25) is 0 Å². The highest BCUT2D eigenvalue weighted by molar-refractivity contribution is 5.92. The second-order valence-corrected chi connectivity index (χ2v) is 7.74. The van der Waals surface area contributed by atoms with Crippen LogP contribution in [0.2, 0.25) is 0 Å². The molecular weight excluding hydrogens is 358 g/mol. The molecule has 0 spiro atoms. The van der Waals surface area contributed by atoms with E-state index in [2.05, 4.69) is 29.2 Å². The first-order chi connectivity index (χ1) is 13.4. The van der Waals surface area contributed by atoms with E-state index in [0.717, 1.165) is 37.9 Å². The minimum absolute atomic E-state index is 0.0136. The van der Waals surface area contributed by atoms with Crippen molar-refractivity contribution >= 4 is 11.6 Å². The number of non-ortho nitro benzene ring substituents is 1. The molecule has 1 aliphatic heterocycles. The maximum atomic E-state index is 12.3. The van der Waals surface area contributed by atoms with E-state index in [0.29, 0.717) is 17.9 Å². The molecule has 150 valence electrons. The van der Waals surface area contributed by atoms with Crippen molar-refractivity contribution in [3.63, 3.8) is 0 Å². The van der Waals surface area contributed by atoms with E-state index in [-0.39, 0.29) is 11.6 Å². The van der Waals surface area contributed by atoms with Crippen LogP contribution < -0.4 is 5.32 Å². The monoisotopic (exact) mass is 385 g/mol. The second-order valence-electron chi connectivity index (χ2n) is 7.74. The lowest BCUT2D eigenvalue weighted by atomic mass is 9.92. The van der Waals surface area contributed by atoms with E-state index in [9.17, 15) is 14.9 Å². The van der Waals surface area contributed by atoms with Crippen molar-refractivity contribution in [3.05, 3.63) is 52.3 Å². The van der Waals surface area contributed by atoms with E-state index >= 15 is 0 Å². The molecule has 0 aliphatic carbocycles. The molecule has 1 saturated heterocycles. The Bertz CT molecular complexity index is 825. The zero-order valence-corrected chi connectivity index (χ0v) is 16.4. The zero-order chi connectivity index (χ0) is 20.1. The molecule has 28 heavy (non-hydrogen) atoms. The summed E-state index contributed by atoms with van der Waals surface area (Å²) in [5.41, 5.74) is 0.827. The van der Waals surface area contributed by atoms with Gasteiger partial charge in [-0.05, 0) is 43.4 Å². The summed E-state index contributed by atoms with van der Waals surface area (Å²) >= 11 is 0. The number of rotatable bonds is 7. The van der Waals surface area contributed by atoms with Gasteiger partial charge in [-0.3, -0.25) is 14.9 Å². The van der Waals surface area contributed by atoms with Crippen molar-refractivity contribution < 1.29 is 9.72 Å². The highest BCUT2D eigenvalue weighted by Gasteiger charge is 2.21. The van der Waals surface area contributed by atoms with Gasteiger partial charge in [0.25, 0.3) is 11.6 Å². The number of nitro groups is 1. The molecule has 2 unspecified atom stereocenters. The van der Waals surface area contributed by atoms with Gasteiger partial charge < -0.3 is 10.2 Å². The number of nitrogens with one attached hydrogen (secondary N) is 1. The number of amides is 1. The van der Waals surface area contributed by atoms with Crippen molar-refractivity contribution in [3.8, 4) is 5.69 Å². The molecule has 1 N–H and O–H groups in total. The number of hydrogen-bond acceptors (Lipinski definition) is 5. The molecule has 1 aromatic carbocycles. The predicted octanol–water partition coefficient (Wildman–Crippen LogP) is 2.88. The molecule has 0 saturated carbocycles. The van der Waals surface area contributed by atoms with Gasteiger partial charge in [0.1, 0.15) is 0 Å². The van der Waals surface area contributed by atoms with Crippen molar-refractivity contribution in [1.29, 1.82) is 0 Å². The fraction of sp³-hybridized carbons (Fsp3) is 0.500. The van der Waals surface area contributed by atoms with Crippen molar-refractivity contribution in [1.82, 2.24) is 20.0 Å². The quantitative estimate of drug-likeness (QED) is 0.449. The average molecular weight is 385 g/mol. The van der Waals surface area contributed by atoms with Crippen LogP contribution in [-0.2, 0) is 0 Å². The molecule has 1 aromatic heterocycles. The first-order valence-corrected chi connectivity index (χ1v) is 9.73. The van der Waals surface area contributed by atoms with Gasteiger partial charge in [-0.15, -0.1) is 0 Å². The smallest absolute Gasteiger partial charge is 0.271 e. The number of piperidine rings is 1. The van der Waals surface area contributed by atoms with Crippen LogP contribution in [0.4, 0.5) is 5.69 Å². The Kier molecular flexibility index (Phi) is 6.41. The van der Waals surface area contributed by atoms with Crippen molar-refractivity contribution in [2.24, 2.45) is 11.8 Å². The highest BCUT2D eigenvalue weighted by atomic mass is 16.6. The van der Waals surface area contributed by atoms with Gasteiger partial charge >= 0.3 is 0 Å². The molecule has 0 bridgehead atoms. The third-order valence-electron chi connectivity index (χ3n) is 5.01. The maximum absolute atomic E-state index is 12.3. The molecule has 8 heteroatoms. The van der Waals surface area contributed by atoms with Crippen molar-refractivity contribution in [2.75, 3.05) is 26.2 Å². The summed E-state index contributed by atoms with van der Waals surface area (Å²) in [6.07, 6.45) is 3.82. The van der Waals surface area contributed by atoms with Gasteiger partial charge in [0.15, 0.2) is 5.69 Å². The lowest BCUT2D eigenvalue weighted by molar-refractivity contribution is -0.384. The Hall–Kier alpha value is -2.74. The molecule has 3 rings (SSSR count). The zero-order valence-electron chi connectivity index (χ0n) is 16.4. The van der Waals surface area contributed by atoms with Gasteiger partial charge in [-0.25, -0.2) is 4.68 Å². The lowest BCUT2D eigenvalue weighted by Gasteiger charge is -2.34. The first-order valence-electron chi connectivity index (χ1n) is 9.73. The van der Waals surface area contributed by atoms with E-state index in [1.54, 1.807) is 24.4 Å². The largest absolute Gasteiger partial charge is 0.351 e. The van der Waals surface area contributed by atoms with Crippen LogP contribution in [0.3, 0.4) is 0 Å². The topological polar surface area (TPSA) is 93.3 Å². The summed E-state index contributed by atoms with van der Waals surface area (Å²) < 4.78 is 1.47. The molecule has 0 radical (unpaired) electrons. The van der Waals surface area contributed by atoms with Crippen LogP contribution >= 0.6 is 0 Å². The number of benzene rings is 1. The van der Waals surface area contributed by atoms with Crippen LogP contribution in [0.25, 0.3) is 5.69 Å². The van der Waals surface area contributed by atoms with Gasteiger partial charge in [-0.2, -0.15) is 5.10 Å².